The third kappa shape index (κ3) is 2.71. The molecule has 0 aliphatic rings. The number of hydrogen-bond acceptors (Lipinski definition) is 3. The lowest BCUT2D eigenvalue weighted by Crippen LogP contribution is -2.15. The smallest absolute Gasteiger partial charge is 0.370 e. The molecule has 0 aliphatic heterocycles. The maximum Gasteiger partial charge on any atom is 0.453 e. The Balaban J connectivity index is 2.64. The molecule has 0 unspecified atom stereocenters. The van der Waals surface area contributed by atoms with Crippen molar-refractivity contribution in [2.75, 3.05) is 0 Å². The van der Waals surface area contributed by atoms with Gasteiger partial charge in [-0.15, -0.1) is 5.10 Å². The molecule has 14 heavy (non-hydrogen) atoms. The molecular weight excluding hydrogens is 201 g/mol. The fourth-order valence-corrected chi connectivity index (χ4v) is 0.757. The van der Waals surface area contributed by atoms with E-state index in [0.29, 0.717) is 0 Å². The molecule has 0 saturated heterocycles. The SMILES string of the molecule is NC(=O)CCn1cnc(C(F)(F)F)n1. The predicted octanol–water partition coefficient (Wildman–Crippen LogP) is 0.172. The molecule has 1 aromatic heterocycles. The lowest BCUT2D eigenvalue weighted by Gasteiger charge is -1.99. The lowest BCUT2D eigenvalue weighted by atomic mass is 10.4. The first-order valence-corrected chi connectivity index (χ1v) is 3.64. The lowest BCUT2D eigenvalue weighted by molar-refractivity contribution is -0.145. The minimum absolute atomic E-state index is 0.00157. The Kier molecular flexibility index (Phi) is 2.73. The van der Waals surface area contributed by atoms with E-state index in [-0.39, 0.29) is 13.0 Å². The van der Waals surface area contributed by atoms with E-state index in [4.69, 9.17) is 5.73 Å². The molecule has 0 atom stereocenters. The number of primary amides is 1. The van der Waals surface area contributed by atoms with Gasteiger partial charge in [-0.3, -0.25) is 9.48 Å². The predicted molar refractivity (Wildman–Crippen MR) is 38.8 cm³/mol. The minimum atomic E-state index is -4.56. The van der Waals surface area contributed by atoms with Gasteiger partial charge in [0.2, 0.25) is 5.91 Å². The Labute approximate surface area is 76.7 Å². The van der Waals surface area contributed by atoms with Gasteiger partial charge >= 0.3 is 6.18 Å². The van der Waals surface area contributed by atoms with Crippen LogP contribution in [0.5, 0.6) is 0 Å². The van der Waals surface area contributed by atoms with Crippen LogP contribution in [0, 0.1) is 0 Å². The van der Waals surface area contributed by atoms with Crippen LogP contribution in [0.4, 0.5) is 13.2 Å². The molecule has 2 N–H and O–H groups in total. The zero-order valence-electron chi connectivity index (χ0n) is 6.95. The van der Waals surface area contributed by atoms with E-state index < -0.39 is 17.9 Å². The van der Waals surface area contributed by atoms with Crippen molar-refractivity contribution in [3.8, 4) is 0 Å². The van der Waals surface area contributed by atoms with Gasteiger partial charge < -0.3 is 5.73 Å². The van der Waals surface area contributed by atoms with Crippen molar-refractivity contribution >= 4 is 5.91 Å². The van der Waals surface area contributed by atoms with E-state index in [1.165, 1.54) is 0 Å². The van der Waals surface area contributed by atoms with E-state index in [9.17, 15) is 18.0 Å². The summed E-state index contributed by atoms with van der Waals surface area (Å²) in [7, 11) is 0. The number of hydrogen-bond donors (Lipinski definition) is 1. The summed E-state index contributed by atoms with van der Waals surface area (Å²) in [6.45, 7) is -0.00157. The maximum atomic E-state index is 12.0. The fraction of sp³-hybridized carbons (Fsp3) is 0.500. The average molecular weight is 208 g/mol. The topological polar surface area (TPSA) is 73.8 Å². The molecule has 0 radical (unpaired) electrons. The molecule has 1 rings (SSSR count). The van der Waals surface area contributed by atoms with Gasteiger partial charge in [0.1, 0.15) is 6.33 Å². The van der Waals surface area contributed by atoms with Crippen molar-refractivity contribution in [3.05, 3.63) is 12.2 Å². The van der Waals surface area contributed by atoms with Gasteiger partial charge in [0.25, 0.3) is 5.82 Å². The number of halogens is 3. The van der Waals surface area contributed by atoms with Crippen molar-refractivity contribution in [1.82, 2.24) is 14.8 Å². The zero-order chi connectivity index (χ0) is 10.8. The number of alkyl halides is 3. The molecular formula is C6H7F3N4O. The highest BCUT2D eigenvalue weighted by Crippen LogP contribution is 2.25. The Morgan fingerprint density at radius 1 is 1.57 bits per heavy atom. The summed E-state index contributed by atoms with van der Waals surface area (Å²) in [6.07, 6.45) is -3.72. The average Bonchev–Trinajstić information content (AvgIpc) is 2.47. The van der Waals surface area contributed by atoms with Gasteiger partial charge in [0.05, 0.1) is 6.54 Å². The van der Waals surface area contributed by atoms with Crippen LogP contribution in [0.15, 0.2) is 6.33 Å². The van der Waals surface area contributed by atoms with Crippen molar-refractivity contribution in [1.29, 1.82) is 0 Å². The molecule has 0 saturated carbocycles. The van der Waals surface area contributed by atoms with Crippen molar-refractivity contribution < 1.29 is 18.0 Å². The number of nitrogens with zero attached hydrogens (tertiary/aromatic N) is 3. The van der Waals surface area contributed by atoms with Crippen LogP contribution >= 0.6 is 0 Å². The summed E-state index contributed by atoms with van der Waals surface area (Å²) in [5.41, 5.74) is 4.81. The monoisotopic (exact) mass is 208 g/mol. The molecule has 0 fully saturated rings. The van der Waals surface area contributed by atoms with Crippen LogP contribution in [0.2, 0.25) is 0 Å². The molecule has 0 spiro atoms. The molecule has 0 bridgehead atoms. The maximum absolute atomic E-state index is 12.0. The standard InChI is InChI=1S/C6H7F3N4O/c7-6(8,9)5-11-3-13(12-5)2-1-4(10)14/h3H,1-2H2,(H2,10,14). The van der Waals surface area contributed by atoms with Crippen LogP contribution in [0.25, 0.3) is 0 Å². The molecule has 0 aliphatic carbocycles. The highest BCUT2D eigenvalue weighted by Gasteiger charge is 2.35. The van der Waals surface area contributed by atoms with Crippen molar-refractivity contribution in [3.63, 3.8) is 0 Å². The summed E-state index contributed by atoms with van der Waals surface area (Å²) in [5.74, 6) is -1.82. The Bertz CT molecular complexity index is 332. The minimum Gasteiger partial charge on any atom is -0.370 e. The van der Waals surface area contributed by atoms with E-state index in [0.717, 1.165) is 11.0 Å². The first-order valence-electron chi connectivity index (χ1n) is 3.64. The molecule has 1 amide bonds. The fourth-order valence-electron chi connectivity index (χ4n) is 0.757. The third-order valence-corrected chi connectivity index (χ3v) is 1.38. The summed E-state index contributed by atoms with van der Waals surface area (Å²) < 4.78 is 36.8. The summed E-state index contributed by atoms with van der Waals surface area (Å²) in [4.78, 5) is 13.4. The van der Waals surface area contributed by atoms with E-state index in [2.05, 4.69) is 10.1 Å². The number of carbonyl (C=O) groups excluding carboxylic acids is 1. The number of carbonyl (C=O) groups is 1. The van der Waals surface area contributed by atoms with Crippen LogP contribution in [-0.4, -0.2) is 20.7 Å². The summed E-state index contributed by atoms with van der Waals surface area (Å²) in [5, 5.41) is 3.13. The molecule has 78 valence electrons. The molecule has 5 nitrogen and oxygen atoms in total. The van der Waals surface area contributed by atoms with Crippen molar-refractivity contribution in [2.45, 2.75) is 19.1 Å². The first-order chi connectivity index (χ1) is 6.39. The van der Waals surface area contributed by atoms with Gasteiger partial charge in [0, 0.05) is 6.42 Å². The van der Waals surface area contributed by atoms with E-state index >= 15 is 0 Å². The zero-order valence-corrected chi connectivity index (χ0v) is 6.95. The molecule has 1 aromatic rings. The second-order valence-electron chi connectivity index (χ2n) is 2.55. The Morgan fingerprint density at radius 2 is 2.21 bits per heavy atom. The number of rotatable bonds is 3. The van der Waals surface area contributed by atoms with Gasteiger partial charge in [-0.05, 0) is 0 Å². The van der Waals surface area contributed by atoms with Gasteiger partial charge in [0.15, 0.2) is 0 Å². The van der Waals surface area contributed by atoms with Gasteiger partial charge in [-0.1, -0.05) is 0 Å². The molecule has 1 heterocycles. The van der Waals surface area contributed by atoms with Gasteiger partial charge in [-0.2, -0.15) is 13.2 Å². The summed E-state index contributed by atoms with van der Waals surface area (Å²) >= 11 is 0. The number of nitrogens with two attached hydrogens (primary N) is 1. The normalized spacial score (nSPS) is 11.6. The van der Waals surface area contributed by atoms with Crippen molar-refractivity contribution in [2.24, 2.45) is 5.73 Å². The highest BCUT2D eigenvalue weighted by molar-refractivity contribution is 5.73. The molecule has 0 aromatic carbocycles. The number of aryl methyl sites for hydroxylation is 1. The Morgan fingerprint density at radius 3 is 2.64 bits per heavy atom. The highest BCUT2D eigenvalue weighted by atomic mass is 19.4. The van der Waals surface area contributed by atoms with Crippen LogP contribution in [-0.2, 0) is 17.5 Å². The molecule has 8 heteroatoms. The third-order valence-electron chi connectivity index (χ3n) is 1.38. The van der Waals surface area contributed by atoms with Gasteiger partial charge in [-0.25, -0.2) is 4.98 Å². The quantitative estimate of drug-likeness (QED) is 0.769. The Hall–Kier alpha value is -1.60. The second kappa shape index (κ2) is 3.64. The first kappa shape index (κ1) is 10.5. The second-order valence-corrected chi connectivity index (χ2v) is 2.55. The van der Waals surface area contributed by atoms with Crippen LogP contribution < -0.4 is 5.73 Å². The largest absolute Gasteiger partial charge is 0.453 e. The number of aromatic nitrogens is 3. The van der Waals surface area contributed by atoms with E-state index in [1.807, 2.05) is 0 Å². The number of amides is 1. The van der Waals surface area contributed by atoms with Crippen LogP contribution in [0.3, 0.4) is 0 Å². The van der Waals surface area contributed by atoms with Crippen LogP contribution in [0.1, 0.15) is 12.2 Å². The van der Waals surface area contributed by atoms with E-state index in [1.54, 1.807) is 0 Å². The summed E-state index contributed by atoms with van der Waals surface area (Å²) in [6, 6.07) is 0.